The van der Waals surface area contributed by atoms with Gasteiger partial charge in [0.2, 0.25) is 6.10 Å². The second-order valence-corrected chi connectivity index (χ2v) is 5.44. The predicted octanol–water partition coefficient (Wildman–Crippen LogP) is 1.94. The number of carbonyl (C=O) groups is 2. The van der Waals surface area contributed by atoms with E-state index < -0.39 is 18.0 Å². The molecule has 0 bridgehead atoms. The number of fused-ring (bicyclic) bond motifs is 1. The number of nitrogens with one attached hydrogen (secondary N) is 1. The van der Waals surface area contributed by atoms with Crippen molar-refractivity contribution in [2.24, 2.45) is 7.05 Å². The number of nitrogens with zero attached hydrogens (tertiary/aromatic N) is 1. The first-order valence-corrected chi connectivity index (χ1v) is 7.54. The Morgan fingerprint density at radius 2 is 1.84 bits per heavy atom. The van der Waals surface area contributed by atoms with E-state index in [2.05, 4.69) is 4.98 Å². The number of aromatic nitrogens is 2. The lowest BCUT2D eigenvalue weighted by Crippen LogP contribution is -2.21. The Bertz CT molecular complexity index is 988. The number of hydrogen-bond donors (Lipinski definition) is 1. The van der Waals surface area contributed by atoms with E-state index >= 15 is 0 Å². The van der Waals surface area contributed by atoms with Gasteiger partial charge in [-0.05, 0) is 18.2 Å². The molecule has 0 fully saturated rings. The van der Waals surface area contributed by atoms with E-state index in [0.29, 0.717) is 16.6 Å². The number of carbonyl (C=O) groups excluding carboxylic acids is 2. The van der Waals surface area contributed by atoms with E-state index in [-0.39, 0.29) is 11.3 Å². The third-order valence-corrected chi connectivity index (χ3v) is 3.88. The number of methoxy groups -OCH3 is 1. The maximum atomic E-state index is 12.5. The van der Waals surface area contributed by atoms with Crippen LogP contribution in [0.3, 0.4) is 0 Å². The lowest BCUT2D eigenvalue weighted by atomic mass is 10.1. The van der Waals surface area contributed by atoms with Crippen LogP contribution >= 0.6 is 0 Å². The molecule has 25 heavy (non-hydrogen) atoms. The first-order valence-electron chi connectivity index (χ1n) is 7.54. The first-order chi connectivity index (χ1) is 12.0. The Morgan fingerprint density at radius 3 is 2.52 bits per heavy atom. The molecule has 0 radical (unpaired) electrons. The summed E-state index contributed by atoms with van der Waals surface area (Å²) in [5, 5.41) is 0. The van der Waals surface area contributed by atoms with Crippen LogP contribution in [0.1, 0.15) is 22.0 Å². The van der Waals surface area contributed by atoms with Gasteiger partial charge in [0.15, 0.2) is 0 Å². The maximum Gasteiger partial charge on any atom is 0.351 e. The Hall–Kier alpha value is -3.35. The van der Waals surface area contributed by atoms with Gasteiger partial charge in [0.1, 0.15) is 0 Å². The molecule has 1 atom stereocenters. The molecule has 128 valence electrons. The summed E-state index contributed by atoms with van der Waals surface area (Å²) in [6.45, 7) is 0. The first kappa shape index (κ1) is 16.5. The molecule has 0 saturated carbocycles. The van der Waals surface area contributed by atoms with Gasteiger partial charge in [-0.25, -0.2) is 14.4 Å². The molecular weight excluding hydrogens is 324 g/mol. The number of benzene rings is 2. The van der Waals surface area contributed by atoms with E-state index in [0.717, 1.165) is 0 Å². The van der Waals surface area contributed by atoms with Crippen LogP contribution in [-0.2, 0) is 21.3 Å². The molecule has 0 aliphatic rings. The SMILES string of the molecule is COC(=O)C(OC(=O)c1ccc2c(c1)[nH]c(=O)n2C)c1ccccc1. The van der Waals surface area contributed by atoms with Crippen molar-refractivity contribution in [1.29, 1.82) is 0 Å². The molecule has 0 aliphatic carbocycles. The summed E-state index contributed by atoms with van der Waals surface area (Å²) >= 11 is 0. The van der Waals surface area contributed by atoms with Gasteiger partial charge in [-0.1, -0.05) is 30.3 Å². The fourth-order valence-corrected chi connectivity index (χ4v) is 2.53. The fourth-order valence-electron chi connectivity index (χ4n) is 2.53. The number of H-pyrrole nitrogens is 1. The minimum absolute atomic E-state index is 0.221. The van der Waals surface area contributed by atoms with Gasteiger partial charge in [-0.2, -0.15) is 0 Å². The van der Waals surface area contributed by atoms with Gasteiger partial charge >= 0.3 is 17.6 Å². The second-order valence-electron chi connectivity index (χ2n) is 5.44. The third kappa shape index (κ3) is 3.16. The van der Waals surface area contributed by atoms with Crippen LogP contribution in [0.4, 0.5) is 0 Å². The monoisotopic (exact) mass is 340 g/mol. The highest BCUT2D eigenvalue weighted by molar-refractivity contribution is 5.95. The van der Waals surface area contributed by atoms with Crippen LogP contribution < -0.4 is 5.69 Å². The average molecular weight is 340 g/mol. The van der Waals surface area contributed by atoms with Gasteiger partial charge in [-0.3, -0.25) is 4.57 Å². The number of imidazole rings is 1. The van der Waals surface area contributed by atoms with Crippen LogP contribution in [0.5, 0.6) is 0 Å². The van der Waals surface area contributed by atoms with Gasteiger partial charge in [0.05, 0.1) is 23.7 Å². The largest absolute Gasteiger partial charge is 0.466 e. The maximum absolute atomic E-state index is 12.5. The normalized spacial score (nSPS) is 11.9. The number of rotatable bonds is 4. The molecule has 3 rings (SSSR count). The summed E-state index contributed by atoms with van der Waals surface area (Å²) in [6, 6.07) is 13.3. The van der Waals surface area contributed by atoms with Crippen LogP contribution in [0, 0.1) is 0 Å². The highest BCUT2D eigenvalue weighted by Crippen LogP contribution is 2.21. The molecule has 0 aliphatic heterocycles. The quantitative estimate of drug-likeness (QED) is 0.733. The Kier molecular flexibility index (Phi) is 4.38. The van der Waals surface area contributed by atoms with Crippen LogP contribution in [0.15, 0.2) is 53.3 Å². The molecule has 1 unspecified atom stereocenters. The van der Waals surface area contributed by atoms with Crippen molar-refractivity contribution in [2.75, 3.05) is 7.11 Å². The number of aromatic amines is 1. The number of aryl methyl sites for hydroxylation is 1. The van der Waals surface area contributed by atoms with E-state index in [1.54, 1.807) is 43.4 Å². The minimum atomic E-state index is -1.16. The number of hydrogen-bond acceptors (Lipinski definition) is 5. The molecule has 1 aromatic heterocycles. The van der Waals surface area contributed by atoms with Gasteiger partial charge in [0.25, 0.3) is 0 Å². The third-order valence-electron chi connectivity index (χ3n) is 3.88. The van der Waals surface area contributed by atoms with Crippen molar-refractivity contribution < 1.29 is 19.1 Å². The van der Waals surface area contributed by atoms with Gasteiger partial charge in [-0.15, -0.1) is 0 Å². The summed E-state index contributed by atoms with van der Waals surface area (Å²) in [6.07, 6.45) is -1.16. The van der Waals surface area contributed by atoms with Crippen LogP contribution in [0.25, 0.3) is 11.0 Å². The van der Waals surface area contributed by atoms with E-state index in [1.165, 1.54) is 23.8 Å². The molecule has 0 amide bonds. The zero-order valence-electron chi connectivity index (χ0n) is 13.7. The summed E-state index contributed by atoms with van der Waals surface area (Å²) in [5.41, 5.74) is 1.62. The molecule has 3 aromatic rings. The fraction of sp³-hybridized carbons (Fsp3) is 0.167. The minimum Gasteiger partial charge on any atom is -0.466 e. The van der Waals surface area contributed by atoms with Crippen LogP contribution in [0.2, 0.25) is 0 Å². The predicted molar refractivity (Wildman–Crippen MR) is 90.2 cm³/mol. The molecule has 1 heterocycles. The topological polar surface area (TPSA) is 90.4 Å². The zero-order valence-corrected chi connectivity index (χ0v) is 13.7. The molecule has 0 spiro atoms. The van der Waals surface area contributed by atoms with Gasteiger partial charge < -0.3 is 14.5 Å². The molecule has 0 saturated heterocycles. The second kappa shape index (κ2) is 6.64. The summed E-state index contributed by atoms with van der Waals surface area (Å²) < 4.78 is 11.5. The smallest absolute Gasteiger partial charge is 0.351 e. The van der Waals surface area contributed by atoms with Crippen molar-refractivity contribution in [3.05, 3.63) is 70.1 Å². The molecule has 2 aromatic carbocycles. The Labute approximate surface area is 142 Å². The standard InChI is InChI=1S/C18H16N2O5/c1-20-14-9-8-12(10-13(14)19-18(20)23)16(21)25-15(17(22)24-2)11-6-4-3-5-7-11/h3-10,15H,1-2H3,(H,19,23). The number of ether oxygens (including phenoxy) is 2. The lowest BCUT2D eigenvalue weighted by Gasteiger charge is -2.16. The van der Waals surface area contributed by atoms with Crippen LogP contribution in [-0.4, -0.2) is 28.6 Å². The summed E-state index contributed by atoms with van der Waals surface area (Å²) in [5.74, 6) is -1.36. The van der Waals surface area contributed by atoms with Crippen molar-refractivity contribution in [2.45, 2.75) is 6.10 Å². The molecular formula is C18H16N2O5. The number of esters is 2. The average Bonchev–Trinajstić information content (AvgIpc) is 2.93. The van der Waals surface area contributed by atoms with E-state index in [1.807, 2.05) is 0 Å². The summed E-state index contributed by atoms with van der Waals surface area (Å²) in [4.78, 5) is 38.7. The highest BCUT2D eigenvalue weighted by Gasteiger charge is 2.26. The van der Waals surface area contributed by atoms with Gasteiger partial charge in [0, 0.05) is 12.6 Å². The highest BCUT2D eigenvalue weighted by atomic mass is 16.6. The zero-order chi connectivity index (χ0) is 18.0. The molecule has 7 nitrogen and oxygen atoms in total. The van der Waals surface area contributed by atoms with E-state index in [9.17, 15) is 14.4 Å². The van der Waals surface area contributed by atoms with Crippen molar-refractivity contribution in [3.63, 3.8) is 0 Å². The Balaban J connectivity index is 1.91. The molecule has 1 N–H and O–H groups in total. The van der Waals surface area contributed by atoms with Crippen molar-refractivity contribution >= 4 is 23.0 Å². The Morgan fingerprint density at radius 1 is 1.12 bits per heavy atom. The molecule has 7 heteroatoms. The lowest BCUT2D eigenvalue weighted by molar-refractivity contribution is -0.151. The summed E-state index contributed by atoms with van der Waals surface area (Å²) in [7, 11) is 2.86. The van der Waals surface area contributed by atoms with Crippen molar-refractivity contribution in [3.8, 4) is 0 Å². The van der Waals surface area contributed by atoms with Crippen molar-refractivity contribution in [1.82, 2.24) is 9.55 Å². The van der Waals surface area contributed by atoms with E-state index in [4.69, 9.17) is 9.47 Å².